The molecule has 10 aromatic rings. The van der Waals surface area contributed by atoms with Gasteiger partial charge in [0.1, 0.15) is 11.2 Å². The lowest BCUT2D eigenvalue weighted by Gasteiger charge is -2.26. The molecule has 8 aromatic carbocycles. The molecular formula is C50H31N3O. The Morgan fingerprint density at radius 3 is 1.98 bits per heavy atom. The Bertz CT molecular complexity index is 3110. The van der Waals surface area contributed by atoms with E-state index in [1.807, 2.05) is 18.2 Å². The summed E-state index contributed by atoms with van der Waals surface area (Å²) in [5.74, 6) is 0.623. The van der Waals surface area contributed by atoms with Gasteiger partial charge in [-0.25, -0.2) is 9.97 Å². The number of hydrogen-bond acceptors (Lipinski definition) is 4. The number of anilines is 3. The minimum absolute atomic E-state index is 0.623. The highest BCUT2D eigenvalue weighted by Gasteiger charge is 2.24. The number of aromatic nitrogens is 2. The van der Waals surface area contributed by atoms with Crippen molar-refractivity contribution in [2.45, 2.75) is 0 Å². The van der Waals surface area contributed by atoms with E-state index in [-0.39, 0.29) is 0 Å². The van der Waals surface area contributed by atoms with Crippen molar-refractivity contribution in [3.63, 3.8) is 0 Å². The van der Waals surface area contributed by atoms with E-state index < -0.39 is 0 Å². The summed E-state index contributed by atoms with van der Waals surface area (Å²) in [5, 5.41) is 5.73. The van der Waals surface area contributed by atoms with Crippen LogP contribution in [0.5, 0.6) is 0 Å². The maximum atomic E-state index is 6.13. The highest BCUT2D eigenvalue weighted by Crippen LogP contribution is 2.44. The number of furan rings is 1. The van der Waals surface area contributed by atoms with Crippen LogP contribution < -0.4 is 4.90 Å². The molecule has 0 amide bonds. The number of fused-ring (bicyclic) bond motifs is 7. The van der Waals surface area contributed by atoms with Crippen molar-refractivity contribution >= 4 is 73.1 Å². The van der Waals surface area contributed by atoms with Crippen molar-refractivity contribution in [1.29, 1.82) is 0 Å². The first-order valence-corrected chi connectivity index (χ1v) is 18.2. The van der Waals surface area contributed by atoms with Gasteiger partial charge in [0.25, 0.3) is 0 Å². The van der Waals surface area contributed by atoms with Gasteiger partial charge in [0.2, 0.25) is 5.95 Å². The van der Waals surface area contributed by atoms with Crippen molar-refractivity contribution in [2.75, 3.05) is 4.90 Å². The van der Waals surface area contributed by atoms with Crippen LogP contribution in [0.2, 0.25) is 0 Å². The van der Waals surface area contributed by atoms with E-state index in [1.54, 1.807) is 0 Å². The number of hydrogen-bond donors (Lipinski definition) is 0. The molecule has 2 aromatic heterocycles. The smallest absolute Gasteiger partial charge is 0.235 e. The molecule has 0 spiro atoms. The zero-order valence-electron chi connectivity index (χ0n) is 29.1. The summed E-state index contributed by atoms with van der Waals surface area (Å²) < 4.78 is 6.13. The van der Waals surface area contributed by atoms with E-state index in [1.165, 1.54) is 21.9 Å². The van der Waals surface area contributed by atoms with Gasteiger partial charge in [0.15, 0.2) is 0 Å². The molecule has 252 valence electrons. The lowest BCUT2D eigenvalue weighted by Crippen LogP contribution is -2.15. The minimum Gasteiger partial charge on any atom is -0.456 e. The Morgan fingerprint density at radius 2 is 1.06 bits per heavy atom. The van der Waals surface area contributed by atoms with Crippen LogP contribution in [0.15, 0.2) is 180 Å². The van der Waals surface area contributed by atoms with Crippen molar-refractivity contribution in [3.05, 3.63) is 187 Å². The van der Waals surface area contributed by atoms with Crippen molar-refractivity contribution < 1.29 is 4.42 Å². The largest absolute Gasteiger partial charge is 0.456 e. The maximum absolute atomic E-state index is 6.13. The minimum atomic E-state index is 0.623. The molecule has 0 N–H and O–H groups in total. The first-order chi connectivity index (χ1) is 26.7. The topological polar surface area (TPSA) is 42.2 Å². The van der Waals surface area contributed by atoms with Gasteiger partial charge in [-0.1, -0.05) is 146 Å². The molecule has 4 heteroatoms. The van der Waals surface area contributed by atoms with E-state index in [0.717, 1.165) is 77.7 Å². The fourth-order valence-electron chi connectivity index (χ4n) is 8.00. The standard InChI is InChI=1S/C50H31N3O/c1-3-13-39-32(10-1)12-9-16-40(39)33-20-23-35(24-21-33)49-42-15-4-6-17-44(42)51-50(52-49)53-45-18-7-2-11-34(45)22-25-38-30-36(26-28-46(38)53)37-27-29-48-43(31-37)41-14-5-8-19-47(41)54-48/h1-31H. The number of nitrogens with zero attached hydrogens (tertiary/aromatic N) is 3. The SMILES string of the molecule is C1=Cc2cc(-c3ccc4oc5ccccc5c4c3)ccc2N(c2nc(-c3ccc(-c4cccc5ccccc45)cc3)c3ccccc3n2)c2ccccc21. The molecule has 0 saturated heterocycles. The fourth-order valence-corrected chi connectivity index (χ4v) is 8.00. The Morgan fingerprint density at radius 1 is 0.407 bits per heavy atom. The second-order valence-electron chi connectivity index (χ2n) is 13.8. The summed E-state index contributed by atoms with van der Waals surface area (Å²) in [7, 11) is 0. The van der Waals surface area contributed by atoms with Gasteiger partial charge in [-0.3, -0.25) is 4.90 Å². The molecule has 54 heavy (non-hydrogen) atoms. The van der Waals surface area contributed by atoms with E-state index >= 15 is 0 Å². The molecule has 4 nitrogen and oxygen atoms in total. The third-order valence-electron chi connectivity index (χ3n) is 10.6. The van der Waals surface area contributed by atoms with E-state index in [2.05, 4.69) is 175 Å². The van der Waals surface area contributed by atoms with E-state index in [0.29, 0.717) is 5.95 Å². The van der Waals surface area contributed by atoms with Crippen LogP contribution in [-0.4, -0.2) is 9.97 Å². The second kappa shape index (κ2) is 12.1. The van der Waals surface area contributed by atoms with E-state index in [4.69, 9.17) is 14.4 Å². The Balaban J connectivity index is 1.05. The molecule has 11 rings (SSSR count). The van der Waals surface area contributed by atoms with Crippen molar-refractivity contribution in [3.8, 4) is 33.5 Å². The van der Waals surface area contributed by atoms with E-state index in [9.17, 15) is 0 Å². The molecular weight excluding hydrogens is 659 g/mol. The highest BCUT2D eigenvalue weighted by molar-refractivity contribution is 6.06. The van der Waals surface area contributed by atoms with Crippen LogP contribution in [0.4, 0.5) is 17.3 Å². The summed E-state index contributed by atoms with van der Waals surface area (Å²) >= 11 is 0. The van der Waals surface area contributed by atoms with Crippen LogP contribution in [0.1, 0.15) is 11.1 Å². The second-order valence-corrected chi connectivity index (χ2v) is 13.8. The number of benzene rings is 8. The van der Waals surface area contributed by atoms with Gasteiger partial charge >= 0.3 is 0 Å². The quantitative estimate of drug-likeness (QED) is 0.184. The van der Waals surface area contributed by atoms with Crippen LogP contribution in [0.25, 0.3) is 89.3 Å². The first kappa shape index (κ1) is 30.3. The zero-order chi connectivity index (χ0) is 35.6. The molecule has 0 fully saturated rings. The molecule has 0 saturated carbocycles. The molecule has 0 aliphatic carbocycles. The average Bonchev–Trinajstić information content (AvgIpc) is 3.52. The van der Waals surface area contributed by atoms with Gasteiger partial charge in [-0.05, 0) is 86.6 Å². The van der Waals surface area contributed by atoms with Crippen LogP contribution in [-0.2, 0) is 0 Å². The van der Waals surface area contributed by atoms with Gasteiger partial charge in [-0.15, -0.1) is 0 Å². The first-order valence-electron chi connectivity index (χ1n) is 18.2. The molecule has 1 aliphatic rings. The average molecular weight is 690 g/mol. The third-order valence-corrected chi connectivity index (χ3v) is 10.6. The van der Waals surface area contributed by atoms with Crippen LogP contribution in [0, 0.1) is 0 Å². The van der Waals surface area contributed by atoms with Crippen LogP contribution >= 0.6 is 0 Å². The van der Waals surface area contributed by atoms with Crippen LogP contribution in [0.3, 0.4) is 0 Å². The third kappa shape index (κ3) is 4.92. The van der Waals surface area contributed by atoms with Crippen molar-refractivity contribution in [1.82, 2.24) is 9.97 Å². The molecule has 3 heterocycles. The summed E-state index contributed by atoms with van der Waals surface area (Å²) in [6.45, 7) is 0. The normalized spacial score (nSPS) is 12.3. The molecule has 0 unspecified atom stereocenters. The Labute approximate surface area is 311 Å². The van der Waals surface area contributed by atoms with Gasteiger partial charge in [-0.2, -0.15) is 0 Å². The predicted molar refractivity (Wildman–Crippen MR) is 224 cm³/mol. The number of rotatable bonds is 4. The van der Waals surface area contributed by atoms with Gasteiger partial charge in [0, 0.05) is 21.7 Å². The zero-order valence-corrected chi connectivity index (χ0v) is 29.1. The lowest BCUT2D eigenvalue weighted by atomic mass is 9.96. The van der Waals surface area contributed by atoms with Gasteiger partial charge < -0.3 is 4.42 Å². The highest BCUT2D eigenvalue weighted by atomic mass is 16.3. The fraction of sp³-hybridized carbons (Fsp3) is 0. The van der Waals surface area contributed by atoms with Crippen molar-refractivity contribution in [2.24, 2.45) is 0 Å². The monoisotopic (exact) mass is 689 g/mol. The molecule has 1 aliphatic heterocycles. The summed E-state index contributed by atoms with van der Waals surface area (Å²) in [6, 6.07) is 61.9. The van der Waals surface area contributed by atoms with Gasteiger partial charge in [0.05, 0.1) is 22.6 Å². The maximum Gasteiger partial charge on any atom is 0.235 e. The molecule has 0 bridgehead atoms. The Hall–Kier alpha value is -7.30. The summed E-state index contributed by atoms with van der Waals surface area (Å²) in [5.41, 5.74) is 13.5. The summed E-state index contributed by atoms with van der Waals surface area (Å²) in [4.78, 5) is 12.8. The predicted octanol–water partition coefficient (Wildman–Crippen LogP) is 13.6. The Kier molecular flexibility index (Phi) is 6.82. The molecule has 0 atom stereocenters. The number of para-hydroxylation sites is 3. The lowest BCUT2D eigenvalue weighted by molar-refractivity contribution is 0.669. The molecule has 0 radical (unpaired) electrons. The summed E-state index contributed by atoms with van der Waals surface area (Å²) in [6.07, 6.45) is 4.40.